The topological polar surface area (TPSA) is 65.1 Å². The van der Waals surface area contributed by atoms with Gasteiger partial charge in [-0.3, -0.25) is 0 Å². The molecule has 0 bridgehead atoms. The van der Waals surface area contributed by atoms with Crippen molar-refractivity contribution in [1.82, 2.24) is 14.9 Å². The third-order valence-corrected chi connectivity index (χ3v) is 5.58. The summed E-state index contributed by atoms with van der Waals surface area (Å²) in [6, 6.07) is 13.2. The van der Waals surface area contributed by atoms with Crippen LogP contribution in [0.2, 0.25) is 0 Å². The van der Waals surface area contributed by atoms with E-state index in [1.54, 1.807) is 13.3 Å². The second-order valence-electron chi connectivity index (χ2n) is 9.48. The van der Waals surface area contributed by atoms with E-state index in [9.17, 15) is 8.78 Å². The molecule has 7 heteroatoms. The molecule has 178 valence electrons. The molecule has 0 saturated carbocycles. The molecule has 2 atom stereocenters. The summed E-state index contributed by atoms with van der Waals surface area (Å²) in [5, 5.41) is 3.60. The highest BCUT2D eigenvalue weighted by molar-refractivity contribution is 5.59. The van der Waals surface area contributed by atoms with E-state index in [1.807, 2.05) is 34.9 Å². The van der Waals surface area contributed by atoms with Gasteiger partial charge in [0.05, 0.1) is 18.3 Å². The zero-order chi connectivity index (χ0) is 24.0. The van der Waals surface area contributed by atoms with Gasteiger partial charge in [-0.05, 0) is 42.1 Å². The SMILES string of the molecule is COC[C@@H](N)CCN[C@@H](c1nc(-c2cc(F)ccc2F)cn1Cc1ccccc1)C(C)(C)C. The molecule has 0 aliphatic rings. The van der Waals surface area contributed by atoms with Crippen LogP contribution in [0.3, 0.4) is 0 Å². The first-order valence-electron chi connectivity index (χ1n) is 11.2. The Morgan fingerprint density at radius 3 is 2.52 bits per heavy atom. The van der Waals surface area contributed by atoms with Crippen LogP contribution < -0.4 is 11.1 Å². The molecule has 0 fully saturated rings. The summed E-state index contributed by atoms with van der Waals surface area (Å²) in [6.07, 6.45) is 2.54. The van der Waals surface area contributed by atoms with E-state index in [0.717, 1.165) is 29.9 Å². The Labute approximate surface area is 195 Å². The van der Waals surface area contributed by atoms with Crippen molar-refractivity contribution in [3.63, 3.8) is 0 Å². The number of nitrogens with zero attached hydrogens (tertiary/aromatic N) is 2. The molecule has 0 spiro atoms. The van der Waals surface area contributed by atoms with Gasteiger partial charge in [0.25, 0.3) is 0 Å². The maximum atomic E-state index is 14.6. The highest BCUT2D eigenvalue weighted by atomic mass is 19.1. The van der Waals surface area contributed by atoms with E-state index in [-0.39, 0.29) is 23.1 Å². The fourth-order valence-electron chi connectivity index (χ4n) is 3.89. The van der Waals surface area contributed by atoms with Gasteiger partial charge >= 0.3 is 0 Å². The first-order chi connectivity index (χ1) is 15.7. The van der Waals surface area contributed by atoms with E-state index in [2.05, 4.69) is 26.1 Å². The average molecular weight is 457 g/mol. The van der Waals surface area contributed by atoms with Crippen LogP contribution in [0.5, 0.6) is 0 Å². The summed E-state index contributed by atoms with van der Waals surface area (Å²) in [5.74, 6) is -0.230. The van der Waals surface area contributed by atoms with Crippen LogP contribution in [-0.4, -0.2) is 35.9 Å². The van der Waals surface area contributed by atoms with Crippen LogP contribution in [0.15, 0.2) is 54.7 Å². The number of rotatable bonds is 10. The molecule has 2 aromatic carbocycles. The van der Waals surface area contributed by atoms with Gasteiger partial charge in [-0.15, -0.1) is 0 Å². The third-order valence-electron chi connectivity index (χ3n) is 5.58. The summed E-state index contributed by atoms with van der Waals surface area (Å²) in [5.41, 5.74) is 7.56. The molecule has 5 nitrogen and oxygen atoms in total. The summed E-state index contributed by atoms with van der Waals surface area (Å²) in [6.45, 7) is 8.12. The lowest BCUT2D eigenvalue weighted by Gasteiger charge is -2.32. The highest BCUT2D eigenvalue weighted by Crippen LogP contribution is 2.34. The van der Waals surface area contributed by atoms with E-state index in [4.69, 9.17) is 15.5 Å². The predicted octanol–water partition coefficient (Wildman–Crippen LogP) is 4.92. The predicted molar refractivity (Wildman–Crippen MR) is 128 cm³/mol. The first-order valence-corrected chi connectivity index (χ1v) is 11.2. The summed E-state index contributed by atoms with van der Waals surface area (Å²) in [4.78, 5) is 4.82. The lowest BCUT2D eigenvalue weighted by molar-refractivity contribution is 0.174. The lowest BCUT2D eigenvalue weighted by atomic mass is 9.86. The average Bonchev–Trinajstić information content (AvgIpc) is 3.15. The van der Waals surface area contributed by atoms with E-state index >= 15 is 0 Å². The van der Waals surface area contributed by atoms with E-state index in [0.29, 0.717) is 25.4 Å². The Morgan fingerprint density at radius 1 is 1.12 bits per heavy atom. The number of nitrogens with two attached hydrogens (primary N) is 1. The van der Waals surface area contributed by atoms with Crippen molar-refractivity contribution < 1.29 is 13.5 Å². The number of nitrogens with one attached hydrogen (secondary N) is 1. The molecule has 0 saturated heterocycles. The van der Waals surface area contributed by atoms with Crippen molar-refractivity contribution in [2.24, 2.45) is 11.1 Å². The molecule has 33 heavy (non-hydrogen) atoms. The van der Waals surface area contributed by atoms with Crippen molar-refractivity contribution in [1.29, 1.82) is 0 Å². The standard InChI is InChI=1S/C26H34F2N4O/c1-26(2,3)24(30-13-12-20(29)17-33-4)25-31-23(21-14-19(27)10-11-22(21)28)16-32(25)15-18-8-6-5-7-9-18/h5-11,14,16,20,24,30H,12-13,15,17,29H2,1-4H3/t20-,24-/m0/s1. The van der Waals surface area contributed by atoms with E-state index < -0.39 is 11.6 Å². The van der Waals surface area contributed by atoms with Gasteiger partial charge in [-0.25, -0.2) is 13.8 Å². The first kappa shape index (κ1) is 25.0. The Kier molecular flexibility index (Phi) is 8.35. The minimum atomic E-state index is -0.502. The summed E-state index contributed by atoms with van der Waals surface area (Å²) >= 11 is 0. The van der Waals surface area contributed by atoms with Crippen molar-refractivity contribution in [2.75, 3.05) is 20.3 Å². The number of benzene rings is 2. The van der Waals surface area contributed by atoms with Crippen LogP contribution in [0.25, 0.3) is 11.3 Å². The van der Waals surface area contributed by atoms with Crippen LogP contribution >= 0.6 is 0 Å². The molecule has 1 heterocycles. The van der Waals surface area contributed by atoms with Gasteiger partial charge in [0.1, 0.15) is 17.5 Å². The minimum absolute atomic E-state index is 0.0656. The molecule has 0 aliphatic carbocycles. The number of halogens is 2. The maximum absolute atomic E-state index is 14.6. The van der Waals surface area contributed by atoms with Crippen LogP contribution in [-0.2, 0) is 11.3 Å². The molecule has 3 rings (SSSR count). The molecule has 3 N–H and O–H groups in total. The van der Waals surface area contributed by atoms with Gasteiger partial charge in [0.2, 0.25) is 0 Å². The molecule has 3 aromatic rings. The van der Waals surface area contributed by atoms with Gasteiger partial charge in [-0.2, -0.15) is 0 Å². The van der Waals surface area contributed by atoms with Gasteiger partial charge in [-0.1, -0.05) is 51.1 Å². The van der Waals surface area contributed by atoms with Crippen LogP contribution in [0.4, 0.5) is 8.78 Å². The Morgan fingerprint density at radius 2 is 1.85 bits per heavy atom. The fourth-order valence-corrected chi connectivity index (χ4v) is 3.89. The minimum Gasteiger partial charge on any atom is -0.383 e. The van der Waals surface area contributed by atoms with Crippen molar-refractivity contribution in [3.8, 4) is 11.3 Å². The Balaban J connectivity index is 1.99. The van der Waals surface area contributed by atoms with Gasteiger partial charge in [0, 0.05) is 31.5 Å². The number of hydrogen-bond acceptors (Lipinski definition) is 4. The maximum Gasteiger partial charge on any atom is 0.132 e. The highest BCUT2D eigenvalue weighted by Gasteiger charge is 2.31. The third kappa shape index (κ3) is 6.69. The zero-order valence-electron chi connectivity index (χ0n) is 19.8. The zero-order valence-corrected chi connectivity index (χ0v) is 19.8. The van der Waals surface area contributed by atoms with Crippen molar-refractivity contribution in [3.05, 3.63) is 77.8 Å². The quantitative estimate of drug-likeness (QED) is 0.455. The second kappa shape index (κ2) is 11.0. The Hall–Kier alpha value is -2.61. The molecule has 0 amide bonds. The molecule has 0 radical (unpaired) electrons. The smallest absolute Gasteiger partial charge is 0.132 e. The van der Waals surface area contributed by atoms with Crippen molar-refractivity contribution >= 4 is 0 Å². The molecule has 0 aliphatic heterocycles. The normalized spacial score (nSPS) is 13.8. The van der Waals surface area contributed by atoms with Crippen molar-refractivity contribution in [2.45, 2.75) is 45.8 Å². The number of hydrogen-bond donors (Lipinski definition) is 2. The number of aromatic nitrogens is 2. The Bertz CT molecular complexity index is 1030. The largest absolute Gasteiger partial charge is 0.383 e. The van der Waals surface area contributed by atoms with E-state index in [1.165, 1.54) is 6.07 Å². The lowest BCUT2D eigenvalue weighted by Crippen LogP contribution is -2.38. The summed E-state index contributed by atoms with van der Waals surface area (Å²) in [7, 11) is 1.64. The number of imidazole rings is 1. The van der Waals surface area contributed by atoms with Gasteiger partial charge < -0.3 is 20.4 Å². The molecule has 1 aromatic heterocycles. The monoisotopic (exact) mass is 456 g/mol. The number of ether oxygens (including phenoxy) is 1. The molecular weight excluding hydrogens is 422 g/mol. The van der Waals surface area contributed by atoms with Crippen LogP contribution in [0, 0.1) is 17.0 Å². The van der Waals surface area contributed by atoms with Gasteiger partial charge in [0.15, 0.2) is 0 Å². The molecule has 0 unspecified atom stereocenters. The second-order valence-corrected chi connectivity index (χ2v) is 9.48. The molecular formula is C26H34F2N4O. The van der Waals surface area contributed by atoms with Crippen LogP contribution in [0.1, 0.15) is 44.6 Å². The fraction of sp³-hybridized carbons (Fsp3) is 0.423. The number of methoxy groups -OCH3 is 1. The summed E-state index contributed by atoms with van der Waals surface area (Å²) < 4.78 is 35.6.